The maximum absolute atomic E-state index is 2.63. The average Bonchev–Trinajstić information content (AvgIpc) is 2.56. The van der Waals surface area contributed by atoms with Crippen LogP contribution in [-0.4, -0.2) is 87.2 Å². The molecular weight excluding hydrogens is 272 g/mol. The average molecular weight is 302 g/mol. The molecule has 2 fully saturated rings. The number of piperazine rings is 2. The van der Waals surface area contributed by atoms with E-state index in [0.29, 0.717) is 0 Å². The first kappa shape index (κ1) is 15.8. The number of aryl methyl sites for hydroxylation is 1. The highest BCUT2D eigenvalue weighted by Gasteiger charge is 2.19. The fourth-order valence-corrected chi connectivity index (χ4v) is 3.34. The molecule has 0 aliphatic carbocycles. The molecular formula is C18H30N4. The summed E-state index contributed by atoms with van der Waals surface area (Å²) in [5.74, 6) is 0. The van der Waals surface area contributed by atoms with Crippen LogP contribution in [0.5, 0.6) is 0 Å². The van der Waals surface area contributed by atoms with E-state index in [2.05, 4.69) is 57.8 Å². The van der Waals surface area contributed by atoms with Gasteiger partial charge in [-0.3, -0.25) is 9.80 Å². The highest BCUT2D eigenvalue weighted by molar-refractivity contribution is 5.47. The predicted molar refractivity (Wildman–Crippen MR) is 93.8 cm³/mol. The lowest BCUT2D eigenvalue weighted by atomic mass is 10.2. The first-order valence-electron chi connectivity index (χ1n) is 8.65. The van der Waals surface area contributed by atoms with Crippen LogP contribution in [0.3, 0.4) is 0 Å². The molecule has 1 aromatic rings. The number of hydrogen-bond acceptors (Lipinski definition) is 4. The van der Waals surface area contributed by atoms with Crippen LogP contribution in [0.15, 0.2) is 24.3 Å². The van der Waals surface area contributed by atoms with Gasteiger partial charge in [-0.05, 0) is 26.1 Å². The minimum Gasteiger partial charge on any atom is -0.369 e. The molecule has 4 nitrogen and oxygen atoms in total. The van der Waals surface area contributed by atoms with Crippen LogP contribution in [0.1, 0.15) is 5.56 Å². The number of rotatable bonds is 4. The largest absolute Gasteiger partial charge is 0.369 e. The van der Waals surface area contributed by atoms with Crippen LogP contribution >= 0.6 is 0 Å². The zero-order valence-electron chi connectivity index (χ0n) is 14.2. The second-order valence-corrected chi connectivity index (χ2v) is 6.81. The van der Waals surface area contributed by atoms with Crippen LogP contribution < -0.4 is 4.90 Å². The Morgan fingerprint density at radius 1 is 0.727 bits per heavy atom. The summed E-state index contributed by atoms with van der Waals surface area (Å²) >= 11 is 0. The molecule has 2 saturated heterocycles. The highest BCUT2D eigenvalue weighted by Crippen LogP contribution is 2.17. The standard InChI is InChI=1S/C18H30N4/c1-17-3-5-18(6-4-17)22-15-13-21(14-16-22)12-11-20-9-7-19(2)8-10-20/h3-6H,7-16H2,1-2H3. The molecule has 0 N–H and O–H groups in total. The van der Waals surface area contributed by atoms with Crippen molar-refractivity contribution in [3.05, 3.63) is 29.8 Å². The Bertz CT molecular complexity index is 443. The van der Waals surface area contributed by atoms with Crippen molar-refractivity contribution in [1.29, 1.82) is 0 Å². The molecule has 122 valence electrons. The molecule has 0 amide bonds. The van der Waals surface area contributed by atoms with E-state index in [0.717, 1.165) is 13.1 Å². The molecule has 0 bridgehead atoms. The summed E-state index contributed by atoms with van der Waals surface area (Å²) in [6.07, 6.45) is 0. The van der Waals surface area contributed by atoms with E-state index >= 15 is 0 Å². The van der Waals surface area contributed by atoms with E-state index in [4.69, 9.17) is 0 Å². The first-order valence-corrected chi connectivity index (χ1v) is 8.65. The fourth-order valence-electron chi connectivity index (χ4n) is 3.34. The van der Waals surface area contributed by atoms with Crippen molar-refractivity contribution >= 4 is 5.69 Å². The van der Waals surface area contributed by atoms with Crippen LogP contribution in [0, 0.1) is 6.92 Å². The highest BCUT2D eigenvalue weighted by atomic mass is 15.3. The van der Waals surface area contributed by atoms with Gasteiger partial charge in [-0.15, -0.1) is 0 Å². The monoisotopic (exact) mass is 302 g/mol. The van der Waals surface area contributed by atoms with E-state index in [9.17, 15) is 0 Å². The number of nitrogens with zero attached hydrogens (tertiary/aromatic N) is 4. The van der Waals surface area contributed by atoms with Crippen LogP contribution in [0.25, 0.3) is 0 Å². The third kappa shape index (κ3) is 4.22. The van der Waals surface area contributed by atoms with Crippen molar-refractivity contribution < 1.29 is 0 Å². The van der Waals surface area contributed by atoms with Gasteiger partial charge in [-0.25, -0.2) is 0 Å². The topological polar surface area (TPSA) is 13.0 Å². The van der Waals surface area contributed by atoms with Gasteiger partial charge >= 0.3 is 0 Å². The number of benzene rings is 1. The molecule has 0 spiro atoms. The SMILES string of the molecule is Cc1ccc(N2CCN(CCN3CCN(C)CC3)CC2)cc1. The molecule has 2 aliphatic rings. The Morgan fingerprint density at radius 3 is 1.77 bits per heavy atom. The Balaban J connectivity index is 1.39. The minimum absolute atomic E-state index is 1.16. The molecule has 22 heavy (non-hydrogen) atoms. The maximum Gasteiger partial charge on any atom is 0.0367 e. The van der Waals surface area contributed by atoms with E-state index in [-0.39, 0.29) is 0 Å². The van der Waals surface area contributed by atoms with E-state index in [1.807, 2.05) is 0 Å². The third-order valence-corrected chi connectivity index (χ3v) is 5.10. The summed E-state index contributed by atoms with van der Waals surface area (Å²) in [6, 6.07) is 8.95. The predicted octanol–water partition coefficient (Wildman–Crippen LogP) is 1.36. The summed E-state index contributed by atoms with van der Waals surface area (Å²) < 4.78 is 0. The van der Waals surface area contributed by atoms with Gasteiger partial charge in [0.15, 0.2) is 0 Å². The lowest BCUT2D eigenvalue weighted by Gasteiger charge is -2.38. The van der Waals surface area contributed by atoms with Crippen molar-refractivity contribution in [2.45, 2.75) is 6.92 Å². The molecule has 0 radical (unpaired) electrons. The molecule has 0 aromatic heterocycles. The third-order valence-electron chi connectivity index (χ3n) is 5.10. The normalized spacial score (nSPS) is 22.2. The van der Waals surface area contributed by atoms with Crippen molar-refractivity contribution in [1.82, 2.24) is 14.7 Å². The summed E-state index contributed by atoms with van der Waals surface area (Å²) in [5.41, 5.74) is 2.72. The zero-order chi connectivity index (χ0) is 15.4. The molecule has 4 heteroatoms. The first-order chi connectivity index (χ1) is 10.7. The number of hydrogen-bond donors (Lipinski definition) is 0. The smallest absolute Gasteiger partial charge is 0.0367 e. The Hall–Kier alpha value is -1.10. The van der Waals surface area contributed by atoms with Crippen LogP contribution in [-0.2, 0) is 0 Å². The van der Waals surface area contributed by atoms with Gasteiger partial charge in [-0.2, -0.15) is 0 Å². The maximum atomic E-state index is 2.63. The summed E-state index contributed by atoms with van der Waals surface area (Å²) in [4.78, 5) is 10.2. The van der Waals surface area contributed by atoms with E-state index in [1.165, 1.54) is 63.6 Å². The van der Waals surface area contributed by atoms with Gasteiger partial charge in [0.05, 0.1) is 0 Å². The van der Waals surface area contributed by atoms with Crippen molar-refractivity contribution in [3.8, 4) is 0 Å². The molecule has 0 unspecified atom stereocenters. The van der Waals surface area contributed by atoms with Gasteiger partial charge in [-0.1, -0.05) is 17.7 Å². The lowest BCUT2D eigenvalue weighted by Crippen LogP contribution is -2.50. The summed E-state index contributed by atoms with van der Waals surface area (Å²) in [6.45, 7) is 14.2. The van der Waals surface area contributed by atoms with Crippen LogP contribution in [0.2, 0.25) is 0 Å². The van der Waals surface area contributed by atoms with Crippen molar-refractivity contribution in [2.24, 2.45) is 0 Å². The second-order valence-electron chi connectivity index (χ2n) is 6.81. The lowest BCUT2D eigenvalue weighted by molar-refractivity contribution is 0.133. The van der Waals surface area contributed by atoms with E-state index < -0.39 is 0 Å². The van der Waals surface area contributed by atoms with Gasteiger partial charge < -0.3 is 9.80 Å². The fraction of sp³-hybridized carbons (Fsp3) is 0.667. The van der Waals surface area contributed by atoms with Gasteiger partial charge in [0, 0.05) is 71.1 Å². The molecule has 2 heterocycles. The van der Waals surface area contributed by atoms with Gasteiger partial charge in [0.1, 0.15) is 0 Å². The molecule has 1 aromatic carbocycles. The van der Waals surface area contributed by atoms with E-state index in [1.54, 1.807) is 0 Å². The molecule has 2 aliphatic heterocycles. The van der Waals surface area contributed by atoms with Gasteiger partial charge in [0.2, 0.25) is 0 Å². The zero-order valence-corrected chi connectivity index (χ0v) is 14.2. The Kier molecular flexibility index (Phi) is 5.34. The second kappa shape index (κ2) is 7.44. The Labute approximate surface area is 135 Å². The van der Waals surface area contributed by atoms with Gasteiger partial charge in [0.25, 0.3) is 0 Å². The molecule has 0 saturated carbocycles. The molecule has 0 atom stereocenters. The number of anilines is 1. The van der Waals surface area contributed by atoms with Crippen molar-refractivity contribution in [3.63, 3.8) is 0 Å². The van der Waals surface area contributed by atoms with Crippen LogP contribution in [0.4, 0.5) is 5.69 Å². The quantitative estimate of drug-likeness (QED) is 0.833. The summed E-state index contributed by atoms with van der Waals surface area (Å²) in [5, 5.41) is 0. The number of likely N-dealkylation sites (N-methyl/N-ethyl adjacent to an activating group) is 1. The summed E-state index contributed by atoms with van der Waals surface area (Å²) in [7, 11) is 2.22. The van der Waals surface area contributed by atoms with Crippen molar-refractivity contribution in [2.75, 3.05) is 77.4 Å². The Morgan fingerprint density at radius 2 is 1.23 bits per heavy atom. The molecule has 3 rings (SSSR count). The minimum atomic E-state index is 1.16.